The van der Waals surface area contributed by atoms with Gasteiger partial charge in [-0.15, -0.1) is 19.7 Å². The van der Waals surface area contributed by atoms with Crippen molar-refractivity contribution in [1.29, 1.82) is 0 Å². The highest BCUT2D eigenvalue weighted by Gasteiger charge is 2.26. The fraction of sp³-hybridized carbons (Fsp3) is 0.571. The molecule has 0 rings (SSSR count). The van der Waals surface area contributed by atoms with E-state index in [0.29, 0.717) is 0 Å². The van der Waals surface area contributed by atoms with Crippen molar-refractivity contribution in [1.82, 2.24) is 0 Å². The van der Waals surface area contributed by atoms with Crippen molar-refractivity contribution in [3.05, 3.63) is 38.0 Å². The van der Waals surface area contributed by atoms with Gasteiger partial charge in [0.05, 0.1) is 31.8 Å². The van der Waals surface area contributed by atoms with Crippen LogP contribution in [0.4, 0.5) is 0 Å². The van der Waals surface area contributed by atoms with E-state index in [9.17, 15) is 0 Å². The molecule has 0 unspecified atom stereocenters. The molecule has 18 heavy (non-hydrogen) atoms. The van der Waals surface area contributed by atoms with E-state index in [0.717, 1.165) is 0 Å². The fourth-order valence-corrected chi connectivity index (χ4v) is 0.300. The largest absolute Gasteiger partial charge is 0.396 e. The predicted octanol–water partition coefficient (Wildman–Crippen LogP) is 1.52. The van der Waals surface area contributed by atoms with Crippen LogP contribution in [0.25, 0.3) is 0 Å². The van der Waals surface area contributed by atoms with Crippen LogP contribution in [0.3, 0.4) is 0 Å². The van der Waals surface area contributed by atoms with Gasteiger partial charge in [-0.05, 0) is 20.8 Å². The van der Waals surface area contributed by atoms with Gasteiger partial charge < -0.3 is 20.4 Å². The van der Waals surface area contributed by atoms with Gasteiger partial charge in [0.15, 0.2) is 0 Å². The van der Waals surface area contributed by atoms with Crippen LogP contribution < -0.4 is 0 Å². The Kier molecular flexibility index (Phi) is 35.9. The van der Waals surface area contributed by atoms with Gasteiger partial charge in [0.2, 0.25) is 0 Å². The van der Waals surface area contributed by atoms with E-state index >= 15 is 0 Å². The summed E-state index contributed by atoms with van der Waals surface area (Å²) in [5, 5.41) is 34.0. The lowest BCUT2D eigenvalue weighted by Gasteiger charge is -2.23. The zero-order valence-corrected chi connectivity index (χ0v) is 12.0. The maximum Gasteiger partial charge on any atom is 0.0627 e. The summed E-state index contributed by atoms with van der Waals surface area (Å²) >= 11 is 0. The molecule has 0 amide bonds. The molecule has 0 saturated heterocycles. The average Bonchev–Trinajstić information content (AvgIpc) is 2.36. The summed E-state index contributed by atoms with van der Waals surface area (Å²) in [6.07, 6.45) is 5.25. The van der Waals surface area contributed by atoms with Crippen LogP contribution in [0.1, 0.15) is 20.8 Å². The molecular formula is C14H30O4. The Balaban J connectivity index is -0.0000000902. The number of aliphatic hydroxyl groups excluding tert-OH is 4. The first-order valence-corrected chi connectivity index (χ1v) is 5.64. The van der Waals surface area contributed by atoms with E-state index in [2.05, 4.69) is 19.7 Å². The third-order valence-electron chi connectivity index (χ3n) is 1.34. The SMILES string of the molecule is C=CC.C=CC.C=CC.OCC(CO)(CO)CO. The van der Waals surface area contributed by atoms with Crippen molar-refractivity contribution in [2.75, 3.05) is 26.4 Å². The number of aliphatic hydroxyl groups is 4. The Bertz CT molecular complexity index is 131. The third-order valence-corrected chi connectivity index (χ3v) is 1.34. The molecule has 110 valence electrons. The second kappa shape index (κ2) is 25.0. The summed E-state index contributed by atoms with van der Waals surface area (Å²) in [7, 11) is 0. The molecule has 0 spiro atoms. The second-order valence-corrected chi connectivity index (χ2v) is 3.36. The van der Waals surface area contributed by atoms with Gasteiger partial charge in [-0.2, -0.15) is 0 Å². The van der Waals surface area contributed by atoms with E-state index in [-0.39, 0.29) is 0 Å². The molecule has 0 saturated carbocycles. The van der Waals surface area contributed by atoms with Gasteiger partial charge in [0, 0.05) is 0 Å². The Morgan fingerprint density at radius 2 is 0.778 bits per heavy atom. The van der Waals surface area contributed by atoms with E-state index in [1.807, 2.05) is 20.8 Å². The Morgan fingerprint density at radius 3 is 0.778 bits per heavy atom. The molecule has 4 heteroatoms. The lowest BCUT2D eigenvalue weighted by atomic mass is 9.93. The molecule has 0 heterocycles. The zero-order valence-electron chi connectivity index (χ0n) is 12.0. The lowest BCUT2D eigenvalue weighted by Crippen LogP contribution is -2.37. The minimum absolute atomic E-state index is 0.406. The van der Waals surface area contributed by atoms with Crippen LogP contribution in [-0.2, 0) is 0 Å². The van der Waals surface area contributed by atoms with Crippen LogP contribution in [0.2, 0.25) is 0 Å². The first-order chi connectivity index (χ1) is 8.49. The number of allylic oxidation sites excluding steroid dienone is 3. The normalized spacial score (nSPS) is 8.17. The van der Waals surface area contributed by atoms with E-state index in [1.165, 1.54) is 0 Å². The number of rotatable bonds is 4. The Morgan fingerprint density at radius 1 is 0.667 bits per heavy atom. The van der Waals surface area contributed by atoms with Crippen LogP contribution in [-0.4, -0.2) is 46.9 Å². The summed E-state index contributed by atoms with van der Waals surface area (Å²) in [5.74, 6) is 0. The molecule has 0 aromatic rings. The molecule has 4 N–H and O–H groups in total. The van der Waals surface area contributed by atoms with E-state index in [4.69, 9.17) is 20.4 Å². The minimum atomic E-state index is -1.11. The highest BCUT2D eigenvalue weighted by Crippen LogP contribution is 2.11. The lowest BCUT2D eigenvalue weighted by molar-refractivity contribution is -0.0328. The van der Waals surface area contributed by atoms with Crippen molar-refractivity contribution in [3.63, 3.8) is 0 Å². The molecule has 4 nitrogen and oxygen atoms in total. The fourth-order valence-electron chi connectivity index (χ4n) is 0.300. The number of hydrogen-bond donors (Lipinski definition) is 4. The molecule has 0 radical (unpaired) electrons. The van der Waals surface area contributed by atoms with Crippen LogP contribution >= 0.6 is 0 Å². The first kappa shape index (κ1) is 25.8. The minimum Gasteiger partial charge on any atom is -0.396 e. The summed E-state index contributed by atoms with van der Waals surface area (Å²) in [6, 6.07) is 0. The molecule has 0 atom stereocenters. The van der Waals surface area contributed by atoms with Gasteiger partial charge in [-0.25, -0.2) is 0 Å². The van der Waals surface area contributed by atoms with Crippen molar-refractivity contribution in [3.8, 4) is 0 Å². The predicted molar refractivity (Wildman–Crippen MR) is 78.4 cm³/mol. The Hall–Kier alpha value is -0.940. The molecule has 0 aromatic carbocycles. The average molecular weight is 262 g/mol. The van der Waals surface area contributed by atoms with Crippen molar-refractivity contribution in [2.24, 2.45) is 5.41 Å². The maximum atomic E-state index is 8.50. The Labute approximate surface area is 112 Å². The van der Waals surface area contributed by atoms with Crippen molar-refractivity contribution in [2.45, 2.75) is 20.8 Å². The monoisotopic (exact) mass is 262 g/mol. The topological polar surface area (TPSA) is 80.9 Å². The molecule has 0 aromatic heterocycles. The highest BCUT2D eigenvalue weighted by atomic mass is 16.3. The van der Waals surface area contributed by atoms with Crippen LogP contribution in [0.15, 0.2) is 38.0 Å². The third kappa shape index (κ3) is 24.3. The van der Waals surface area contributed by atoms with E-state index < -0.39 is 31.8 Å². The quantitative estimate of drug-likeness (QED) is 0.579. The smallest absolute Gasteiger partial charge is 0.0627 e. The van der Waals surface area contributed by atoms with Gasteiger partial charge in [-0.1, -0.05) is 18.2 Å². The van der Waals surface area contributed by atoms with E-state index in [1.54, 1.807) is 18.2 Å². The van der Waals surface area contributed by atoms with Crippen LogP contribution in [0, 0.1) is 5.41 Å². The van der Waals surface area contributed by atoms with Gasteiger partial charge in [0.25, 0.3) is 0 Å². The molecule has 0 fully saturated rings. The maximum absolute atomic E-state index is 8.50. The molecule has 0 aliphatic carbocycles. The van der Waals surface area contributed by atoms with Crippen molar-refractivity contribution >= 4 is 0 Å². The highest BCUT2D eigenvalue weighted by molar-refractivity contribution is 4.74. The zero-order chi connectivity index (χ0) is 15.4. The first-order valence-electron chi connectivity index (χ1n) is 5.64. The molecule has 0 bridgehead atoms. The summed E-state index contributed by atoms with van der Waals surface area (Å²) in [4.78, 5) is 0. The van der Waals surface area contributed by atoms with Gasteiger partial charge in [-0.3, -0.25) is 0 Å². The van der Waals surface area contributed by atoms with Gasteiger partial charge >= 0.3 is 0 Å². The molecular weight excluding hydrogens is 232 g/mol. The summed E-state index contributed by atoms with van der Waals surface area (Å²) in [5.41, 5.74) is -1.11. The van der Waals surface area contributed by atoms with Crippen LogP contribution in [0.5, 0.6) is 0 Å². The molecule has 0 aliphatic rings. The standard InChI is InChI=1S/C5H12O4.3C3H6/c6-1-5(2-7,3-8)4-9;3*1-3-2/h6-9H,1-4H2;3*3H,1H2,2H3. The van der Waals surface area contributed by atoms with Crippen molar-refractivity contribution < 1.29 is 20.4 Å². The van der Waals surface area contributed by atoms with Gasteiger partial charge in [0.1, 0.15) is 0 Å². The molecule has 0 aliphatic heterocycles. The summed E-state index contributed by atoms with van der Waals surface area (Å²) < 4.78 is 0. The summed E-state index contributed by atoms with van der Waals surface area (Å²) in [6.45, 7) is 14.1. The second-order valence-electron chi connectivity index (χ2n) is 3.36. The number of hydrogen-bond acceptors (Lipinski definition) is 4.